The van der Waals surface area contributed by atoms with Gasteiger partial charge in [-0.15, -0.1) is 11.8 Å². The fraction of sp³-hybridized carbons (Fsp3) is 0.467. The van der Waals surface area contributed by atoms with E-state index in [0.29, 0.717) is 17.8 Å². The zero-order valence-corrected chi connectivity index (χ0v) is 12.3. The molecule has 3 N–H and O–H groups in total. The highest BCUT2D eigenvalue weighted by Crippen LogP contribution is 2.36. The van der Waals surface area contributed by atoms with E-state index in [1.807, 2.05) is 18.2 Å². The number of benzene rings is 1. The lowest BCUT2D eigenvalue weighted by atomic mass is 9.88. The van der Waals surface area contributed by atoms with E-state index in [9.17, 15) is 9.59 Å². The first-order valence-corrected chi connectivity index (χ1v) is 8.31. The van der Waals surface area contributed by atoms with E-state index in [-0.39, 0.29) is 17.7 Å². The molecule has 0 aliphatic carbocycles. The molecule has 3 aliphatic rings. The number of hydrogen-bond acceptors (Lipinski definition) is 4. The van der Waals surface area contributed by atoms with Crippen LogP contribution in [0.5, 0.6) is 0 Å². The van der Waals surface area contributed by atoms with Crippen LogP contribution >= 0.6 is 11.8 Å². The van der Waals surface area contributed by atoms with Crippen molar-refractivity contribution >= 4 is 35.0 Å². The van der Waals surface area contributed by atoms with Crippen molar-refractivity contribution in [1.29, 1.82) is 0 Å². The van der Waals surface area contributed by atoms with E-state index in [2.05, 4.69) is 16.0 Å². The normalized spacial score (nSPS) is 29.9. The van der Waals surface area contributed by atoms with Gasteiger partial charge in [0.25, 0.3) is 0 Å². The molecule has 2 saturated heterocycles. The van der Waals surface area contributed by atoms with Crippen LogP contribution in [0.15, 0.2) is 23.1 Å². The molecule has 21 heavy (non-hydrogen) atoms. The number of amides is 2. The van der Waals surface area contributed by atoms with Crippen molar-refractivity contribution in [3.05, 3.63) is 18.2 Å². The maximum atomic E-state index is 12.4. The van der Waals surface area contributed by atoms with Gasteiger partial charge in [0.05, 0.1) is 17.4 Å². The third kappa shape index (κ3) is 2.42. The van der Waals surface area contributed by atoms with E-state index in [1.165, 1.54) is 18.2 Å². The Balaban J connectivity index is 1.48. The van der Waals surface area contributed by atoms with Crippen LogP contribution in [-0.4, -0.2) is 29.7 Å². The number of fused-ring (bicyclic) bond motifs is 3. The van der Waals surface area contributed by atoms with Gasteiger partial charge in [0.1, 0.15) is 0 Å². The minimum atomic E-state index is 0.00767. The Morgan fingerprint density at radius 2 is 2.24 bits per heavy atom. The second-order valence-corrected chi connectivity index (χ2v) is 6.94. The largest absolute Gasteiger partial charge is 0.326 e. The molecule has 2 amide bonds. The first-order valence-electron chi connectivity index (χ1n) is 7.32. The van der Waals surface area contributed by atoms with Crippen LogP contribution in [-0.2, 0) is 9.59 Å². The Kier molecular flexibility index (Phi) is 3.15. The van der Waals surface area contributed by atoms with Gasteiger partial charge in [-0.25, -0.2) is 0 Å². The molecule has 2 fully saturated rings. The molecule has 0 radical (unpaired) electrons. The summed E-state index contributed by atoms with van der Waals surface area (Å²) in [5, 5.41) is 9.32. The highest BCUT2D eigenvalue weighted by molar-refractivity contribution is 8.00. The average molecular weight is 303 g/mol. The summed E-state index contributed by atoms with van der Waals surface area (Å²) < 4.78 is 0. The predicted octanol–water partition coefficient (Wildman–Crippen LogP) is 1.81. The fourth-order valence-corrected chi connectivity index (χ4v) is 4.30. The molecule has 0 aromatic heterocycles. The van der Waals surface area contributed by atoms with Crippen molar-refractivity contribution in [2.75, 3.05) is 16.4 Å². The summed E-state index contributed by atoms with van der Waals surface area (Å²) in [5.74, 6) is 0.622. The predicted molar refractivity (Wildman–Crippen MR) is 82.5 cm³/mol. The Hall–Kier alpha value is -1.53. The quantitative estimate of drug-likeness (QED) is 0.779. The maximum absolute atomic E-state index is 12.4. The van der Waals surface area contributed by atoms with Crippen molar-refractivity contribution in [2.24, 2.45) is 5.92 Å². The van der Waals surface area contributed by atoms with Gasteiger partial charge in [-0.3, -0.25) is 9.59 Å². The molecule has 5 nitrogen and oxygen atoms in total. The Bertz CT molecular complexity index is 619. The second-order valence-electron chi connectivity index (χ2n) is 5.93. The van der Waals surface area contributed by atoms with Gasteiger partial charge in [0.15, 0.2) is 0 Å². The zero-order chi connectivity index (χ0) is 14.4. The number of rotatable bonds is 2. The van der Waals surface area contributed by atoms with Crippen molar-refractivity contribution < 1.29 is 9.59 Å². The van der Waals surface area contributed by atoms with E-state index < -0.39 is 0 Å². The number of anilines is 2. The Morgan fingerprint density at radius 3 is 3.00 bits per heavy atom. The highest BCUT2D eigenvalue weighted by atomic mass is 32.2. The molecule has 3 unspecified atom stereocenters. The number of carbonyl (C=O) groups is 2. The van der Waals surface area contributed by atoms with E-state index in [0.717, 1.165) is 29.1 Å². The number of carbonyl (C=O) groups excluding carboxylic acids is 2. The lowest BCUT2D eigenvalue weighted by Gasteiger charge is -2.21. The fourth-order valence-electron chi connectivity index (χ4n) is 3.51. The molecule has 6 heteroatoms. The molecule has 0 spiro atoms. The van der Waals surface area contributed by atoms with E-state index in [4.69, 9.17) is 0 Å². The van der Waals surface area contributed by atoms with Gasteiger partial charge in [0, 0.05) is 22.7 Å². The van der Waals surface area contributed by atoms with Crippen LogP contribution in [0.2, 0.25) is 0 Å². The highest BCUT2D eigenvalue weighted by Gasteiger charge is 2.42. The van der Waals surface area contributed by atoms with Crippen molar-refractivity contribution in [2.45, 2.75) is 36.2 Å². The molecule has 0 saturated carbocycles. The minimum Gasteiger partial charge on any atom is -0.326 e. The standard InChI is InChI=1S/C15H17N3O2S/c19-14-7-21-13-4-2-9(6-12(13)18-14)17-15(20)10-5-8-1-3-11(10)16-8/h2,4,6,8,10-11,16H,1,3,5,7H2,(H,17,20)(H,18,19). The third-order valence-electron chi connectivity index (χ3n) is 4.52. The molecule has 3 heterocycles. The second kappa shape index (κ2) is 5.03. The zero-order valence-electron chi connectivity index (χ0n) is 11.5. The van der Waals surface area contributed by atoms with Crippen LogP contribution in [0.1, 0.15) is 19.3 Å². The lowest BCUT2D eigenvalue weighted by molar-refractivity contribution is -0.120. The van der Waals surface area contributed by atoms with Crippen molar-refractivity contribution in [1.82, 2.24) is 5.32 Å². The van der Waals surface area contributed by atoms with Gasteiger partial charge in [-0.1, -0.05) is 0 Å². The van der Waals surface area contributed by atoms with Crippen LogP contribution in [0.3, 0.4) is 0 Å². The summed E-state index contributed by atoms with van der Waals surface area (Å²) in [6.07, 6.45) is 3.23. The Morgan fingerprint density at radius 1 is 1.33 bits per heavy atom. The van der Waals surface area contributed by atoms with Crippen LogP contribution in [0, 0.1) is 5.92 Å². The summed E-state index contributed by atoms with van der Waals surface area (Å²) in [4.78, 5) is 24.9. The van der Waals surface area contributed by atoms with E-state index >= 15 is 0 Å². The molecular weight excluding hydrogens is 286 g/mol. The van der Waals surface area contributed by atoms with Crippen molar-refractivity contribution in [3.63, 3.8) is 0 Å². The van der Waals surface area contributed by atoms with Gasteiger partial charge in [0.2, 0.25) is 11.8 Å². The summed E-state index contributed by atoms with van der Waals surface area (Å²) in [5.41, 5.74) is 1.55. The number of nitrogens with one attached hydrogen (secondary N) is 3. The van der Waals surface area contributed by atoms with Crippen molar-refractivity contribution in [3.8, 4) is 0 Å². The van der Waals surface area contributed by atoms with Gasteiger partial charge >= 0.3 is 0 Å². The molecule has 3 atom stereocenters. The summed E-state index contributed by atoms with van der Waals surface area (Å²) in [7, 11) is 0. The number of hydrogen-bond donors (Lipinski definition) is 3. The van der Waals surface area contributed by atoms with Crippen LogP contribution < -0.4 is 16.0 Å². The van der Waals surface area contributed by atoms with E-state index in [1.54, 1.807) is 0 Å². The minimum absolute atomic E-state index is 0.00767. The summed E-state index contributed by atoms with van der Waals surface area (Å²) in [6, 6.07) is 6.56. The third-order valence-corrected chi connectivity index (χ3v) is 5.59. The lowest BCUT2D eigenvalue weighted by Crippen LogP contribution is -2.32. The smallest absolute Gasteiger partial charge is 0.234 e. The molecule has 1 aromatic carbocycles. The topological polar surface area (TPSA) is 70.2 Å². The van der Waals surface area contributed by atoms with Gasteiger partial charge in [-0.2, -0.15) is 0 Å². The molecule has 3 aliphatic heterocycles. The van der Waals surface area contributed by atoms with Gasteiger partial charge in [-0.05, 0) is 37.5 Å². The molecule has 1 aromatic rings. The van der Waals surface area contributed by atoms with Gasteiger partial charge < -0.3 is 16.0 Å². The molecular formula is C15H17N3O2S. The maximum Gasteiger partial charge on any atom is 0.234 e. The summed E-state index contributed by atoms with van der Waals surface area (Å²) in [6.45, 7) is 0. The summed E-state index contributed by atoms with van der Waals surface area (Å²) >= 11 is 1.52. The Labute approximate surface area is 127 Å². The molecule has 2 bridgehead atoms. The molecule has 110 valence electrons. The SMILES string of the molecule is O=C1CSc2ccc(NC(=O)C3CC4CCC3N4)cc2N1. The average Bonchev–Trinajstić information content (AvgIpc) is 3.09. The monoisotopic (exact) mass is 303 g/mol. The number of thioether (sulfide) groups is 1. The van der Waals surface area contributed by atoms with Crippen LogP contribution in [0.25, 0.3) is 0 Å². The van der Waals surface area contributed by atoms with Crippen LogP contribution in [0.4, 0.5) is 11.4 Å². The molecule has 4 rings (SSSR count). The first kappa shape index (κ1) is 13.2. The first-order chi connectivity index (χ1) is 10.2.